The molecule has 1 fully saturated rings. The van der Waals surface area contributed by atoms with Gasteiger partial charge in [-0.05, 0) is 50.8 Å². The lowest BCUT2D eigenvalue weighted by Gasteiger charge is -2.23. The summed E-state index contributed by atoms with van der Waals surface area (Å²) in [5, 5.41) is 3.65. The van der Waals surface area contributed by atoms with Crippen LogP contribution in [0.15, 0.2) is 0 Å². The molecule has 1 aliphatic carbocycles. The van der Waals surface area contributed by atoms with Gasteiger partial charge in [-0.2, -0.15) is 0 Å². The van der Waals surface area contributed by atoms with Crippen molar-refractivity contribution in [3.05, 3.63) is 16.0 Å². The summed E-state index contributed by atoms with van der Waals surface area (Å²) in [5.41, 5.74) is 1.66. The third-order valence-corrected chi connectivity index (χ3v) is 6.09. The number of hydrogen-bond donors (Lipinski definition) is 1. The van der Waals surface area contributed by atoms with Crippen LogP contribution in [0.5, 0.6) is 0 Å². The van der Waals surface area contributed by atoms with Crippen molar-refractivity contribution in [1.82, 2.24) is 4.90 Å². The number of fused-ring (bicyclic) bond motifs is 1. The van der Waals surface area contributed by atoms with Crippen LogP contribution in [0.1, 0.15) is 59.3 Å². The number of nitrogens with one attached hydrogen (secondary N) is 1. The average molecular weight is 350 g/mol. The Morgan fingerprint density at radius 1 is 1.08 bits per heavy atom. The minimum absolute atomic E-state index is 0.0272. The summed E-state index contributed by atoms with van der Waals surface area (Å²) in [7, 11) is 1.40. The second-order valence-corrected chi connectivity index (χ2v) is 7.75. The summed E-state index contributed by atoms with van der Waals surface area (Å²) in [6, 6.07) is 0. The molecule has 0 unspecified atom stereocenters. The van der Waals surface area contributed by atoms with E-state index in [0.29, 0.717) is 17.1 Å². The van der Waals surface area contributed by atoms with E-state index in [0.717, 1.165) is 50.8 Å². The summed E-state index contributed by atoms with van der Waals surface area (Å²) < 4.78 is 4.93. The van der Waals surface area contributed by atoms with E-state index in [4.69, 9.17) is 4.74 Å². The van der Waals surface area contributed by atoms with Gasteiger partial charge in [0.2, 0.25) is 5.91 Å². The Morgan fingerprint density at radius 2 is 1.79 bits per heavy atom. The molecular formula is C18H26N2O3S. The lowest BCUT2D eigenvalue weighted by molar-refractivity contribution is -0.117. The third kappa shape index (κ3) is 3.98. The fraction of sp³-hybridized carbons (Fsp3) is 0.667. The van der Waals surface area contributed by atoms with E-state index in [1.807, 2.05) is 0 Å². The fourth-order valence-corrected chi connectivity index (χ4v) is 4.94. The van der Waals surface area contributed by atoms with E-state index >= 15 is 0 Å². The molecule has 0 bridgehead atoms. The highest BCUT2D eigenvalue weighted by atomic mass is 32.1. The maximum Gasteiger partial charge on any atom is 0.341 e. The van der Waals surface area contributed by atoms with Gasteiger partial charge in [0.05, 0.1) is 19.2 Å². The molecule has 1 aromatic heterocycles. The third-order valence-electron chi connectivity index (χ3n) is 4.88. The maximum absolute atomic E-state index is 12.5. The Hall–Kier alpha value is -1.40. The first kappa shape index (κ1) is 17.4. The van der Waals surface area contributed by atoms with Gasteiger partial charge in [0, 0.05) is 4.88 Å². The summed E-state index contributed by atoms with van der Waals surface area (Å²) in [6.45, 7) is 2.37. The van der Waals surface area contributed by atoms with E-state index in [-0.39, 0.29) is 11.9 Å². The molecule has 1 amide bonds. The van der Waals surface area contributed by atoms with Crippen molar-refractivity contribution in [2.24, 2.45) is 0 Å². The molecule has 2 aliphatic rings. The Balaban J connectivity index is 1.66. The number of thiophene rings is 1. The molecule has 0 aromatic carbocycles. The minimum atomic E-state index is -0.337. The Bertz CT molecular complexity index is 604. The van der Waals surface area contributed by atoms with Gasteiger partial charge >= 0.3 is 5.97 Å². The second kappa shape index (κ2) is 8.12. The van der Waals surface area contributed by atoms with Crippen molar-refractivity contribution in [2.75, 3.05) is 32.1 Å². The van der Waals surface area contributed by atoms with Crippen LogP contribution in [0, 0.1) is 0 Å². The van der Waals surface area contributed by atoms with Crippen LogP contribution < -0.4 is 5.32 Å². The van der Waals surface area contributed by atoms with Crippen LogP contribution in [-0.2, 0) is 22.4 Å². The number of esters is 1. The Labute approximate surface area is 147 Å². The number of rotatable bonds is 4. The highest BCUT2D eigenvalue weighted by Crippen LogP contribution is 2.39. The highest BCUT2D eigenvalue weighted by molar-refractivity contribution is 7.17. The van der Waals surface area contributed by atoms with Crippen LogP contribution >= 0.6 is 11.3 Å². The average Bonchev–Trinajstić information content (AvgIpc) is 3.09. The van der Waals surface area contributed by atoms with Gasteiger partial charge < -0.3 is 10.1 Å². The van der Waals surface area contributed by atoms with Gasteiger partial charge in [0.1, 0.15) is 5.00 Å². The van der Waals surface area contributed by atoms with Crippen LogP contribution in [0.3, 0.4) is 0 Å². The molecule has 0 saturated carbocycles. The van der Waals surface area contributed by atoms with Gasteiger partial charge in [0.15, 0.2) is 0 Å². The number of likely N-dealkylation sites (tertiary alicyclic amines) is 1. The van der Waals surface area contributed by atoms with Gasteiger partial charge in [-0.15, -0.1) is 11.3 Å². The van der Waals surface area contributed by atoms with Gasteiger partial charge in [-0.3, -0.25) is 9.69 Å². The molecule has 5 nitrogen and oxygen atoms in total. The van der Waals surface area contributed by atoms with E-state index in [9.17, 15) is 9.59 Å². The van der Waals surface area contributed by atoms with Gasteiger partial charge in [0.25, 0.3) is 0 Å². The largest absolute Gasteiger partial charge is 0.465 e. The van der Waals surface area contributed by atoms with Crippen LogP contribution in [0.25, 0.3) is 0 Å². The summed E-state index contributed by atoms with van der Waals surface area (Å²) in [5.74, 6) is -0.364. The first-order chi connectivity index (χ1) is 11.7. The number of carbonyl (C=O) groups excluding carboxylic acids is 2. The normalized spacial score (nSPS) is 18.5. The molecule has 0 spiro atoms. The van der Waals surface area contributed by atoms with Crippen LogP contribution in [-0.4, -0.2) is 43.5 Å². The molecule has 132 valence electrons. The molecule has 2 heterocycles. The van der Waals surface area contributed by atoms with Gasteiger partial charge in [-0.1, -0.05) is 19.3 Å². The lowest BCUT2D eigenvalue weighted by atomic mass is 10.1. The molecule has 1 aliphatic heterocycles. The topological polar surface area (TPSA) is 58.6 Å². The quantitative estimate of drug-likeness (QED) is 0.847. The summed E-state index contributed by atoms with van der Waals surface area (Å²) in [4.78, 5) is 28.1. The summed E-state index contributed by atoms with van der Waals surface area (Å²) >= 11 is 1.54. The van der Waals surface area contributed by atoms with Gasteiger partial charge in [-0.25, -0.2) is 4.79 Å². The molecule has 3 rings (SSSR count). The molecule has 6 heteroatoms. The number of amides is 1. The highest BCUT2D eigenvalue weighted by Gasteiger charge is 2.28. The maximum atomic E-state index is 12.5. The molecule has 0 radical (unpaired) electrons. The smallest absolute Gasteiger partial charge is 0.341 e. The zero-order chi connectivity index (χ0) is 16.9. The minimum Gasteiger partial charge on any atom is -0.465 e. The Morgan fingerprint density at radius 3 is 2.50 bits per heavy atom. The number of hydrogen-bond acceptors (Lipinski definition) is 5. The van der Waals surface area contributed by atoms with Crippen molar-refractivity contribution in [1.29, 1.82) is 0 Å². The first-order valence-corrected chi connectivity index (χ1v) is 9.75. The standard InChI is InChI=1S/C18H26N2O3S/c1-23-18(22)16-13-8-7-9-14(13)24-17(16)19-15(21)12-20-10-5-3-2-4-6-11-20/h2-12H2,1H3,(H,19,21). The molecule has 1 saturated heterocycles. The van der Waals surface area contributed by atoms with Crippen molar-refractivity contribution < 1.29 is 14.3 Å². The predicted octanol–water partition coefficient (Wildman–Crippen LogP) is 3.23. The van der Waals surface area contributed by atoms with E-state index in [2.05, 4.69) is 10.2 Å². The Kier molecular flexibility index (Phi) is 5.89. The molecule has 1 aromatic rings. The van der Waals surface area contributed by atoms with Crippen LogP contribution in [0.2, 0.25) is 0 Å². The zero-order valence-electron chi connectivity index (χ0n) is 14.4. The zero-order valence-corrected chi connectivity index (χ0v) is 15.2. The molecule has 0 atom stereocenters. The molecule has 1 N–H and O–H groups in total. The van der Waals surface area contributed by atoms with E-state index in [1.165, 1.54) is 42.6 Å². The SMILES string of the molecule is COC(=O)c1c(NC(=O)CN2CCCCCCC2)sc2c1CCC2. The number of anilines is 1. The van der Waals surface area contributed by atoms with Crippen molar-refractivity contribution in [2.45, 2.75) is 51.4 Å². The van der Waals surface area contributed by atoms with Crippen molar-refractivity contribution >= 4 is 28.2 Å². The fourth-order valence-electron chi connectivity index (χ4n) is 3.65. The number of methoxy groups -OCH3 is 1. The van der Waals surface area contributed by atoms with Crippen molar-refractivity contribution in [3.8, 4) is 0 Å². The number of ether oxygens (including phenoxy) is 1. The monoisotopic (exact) mass is 350 g/mol. The van der Waals surface area contributed by atoms with Crippen molar-refractivity contribution in [3.63, 3.8) is 0 Å². The lowest BCUT2D eigenvalue weighted by Crippen LogP contribution is -2.35. The van der Waals surface area contributed by atoms with Crippen LogP contribution in [0.4, 0.5) is 5.00 Å². The predicted molar refractivity (Wildman–Crippen MR) is 95.8 cm³/mol. The number of aryl methyl sites for hydroxylation is 1. The van der Waals surface area contributed by atoms with E-state index in [1.54, 1.807) is 0 Å². The second-order valence-electron chi connectivity index (χ2n) is 6.65. The number of carbonyl (C=O) groups is 2. The molecular weight excluding hydrogens is 324 g/mol. The van der Waals surface area contributed by atoms with E-state index < -0.39 is 0 Å². The molecule has 24 heavy (non-hydrogen) atoms. The number of nitrogens with zero attached hydrogens (tertiary/aromatic N) is 1. The summed E-state index contributed by atoms with van der Waals surface area (Å²) in [6.07, 6.45) is 9.10. The first-order valence-electron chi connectivity index (χ1n) is 8.94.